The SMILES string of the molecule is CCN(Cc1ccccc1C1=C(OC)C=CC(CC(=O)O)(S(C)(=O)=O)C1)C(C)=O. The van der Waals surface area contributed by atoms with Gasteiger partial charge in [0.1, 0.15) is 10.5 Å². The maximum atomic E-state index is 12.6. The van der Waals surface area contributed by atoms with Crippen molar-refractivity contribution >= 4 is 27.3 Å². The predicted octanol–water partition coefficient (Wildman–Crippen LogP) is 2.63. The average molecular weight is 422 g/mol. The molecule has 1 unspecified atom stereocenters. The molecule has 0 aromatic heterocycles. The van der Waals surface area contributed by atoms with E-state index in [1.54, 1.807) is 4.90 Å². The highest BCUT2D eigenvalue weighted by Gasteiger charge is 2.44. The summed E-state index contributed by atoms with van der Waals surface area (Å²) < 4.78 is 29.1. The fourth-order valence-electron chi connectivity index (χ4n) is 3.56. The van der Waals surface area contributed by atoms with Gasteiger partial charge in [0.2, 0.25) is 5.91 Å². The van der Waals surface area contributed by atoms with Crippen LogP contribution in [-0.4, -0.2) is 55.0 Å². The van der Waals surface area contributed by atoms with Gasteiger partial charge in [-0.2, -0.15) is 0 Å². The van der Waals surface area contributed by atoms with Gasteiger partial charge in [0.05, 0.1) is 13.5 Å². The number of carbonyl (C=O) groups excluding carboxylic acids is 1. The van der Waals surface area contributed by atoms with E-state index in [9.17, 15) is 23.1 Å². The molecule has 1 N–H and O–H groups in total. The van der Waals surface area contributed by atoms with Crippen molar-refractivity contribution < 1.29 is 27.9 Å². The number of aliphatic carboxylic acids is 1. The van der Waals surface area contributed by atoms with Crippen molar-refractivity contribution in [2.24, 2.45) is 0 Å². The molecule has 0 bridgehead atoms. The highest BCUT2D eigenvalue weighted by atomic mass is 32.2. The van der Waals surface area contributed by atoms with Gasteiger partial charge in [0.15, 0.2) is 9.84 Å². The number of nitrogens with zero attached hydrogens (tertiary/aromatic N) is 1. The summed E-state index contributed by atoms with van der Waals surface area (Å²) in [5.41, 5.74) is 2.19. The minimum absolute atomic E-state index is 0.0268. The number of methoxy groups -OCH3 is 1. The zero-order valence-corrected chi connectivity index (χ0v) is 18.0. The van der Waals surface area contributed by atoms with E-state index in [2.05, 4.69) is 0 Å². The zero-order valence-electron chi connectivity index (χ0n) is 17.1. The van der Waals surface area contributed by atoms with Gasteiger partial charge in [-0.05, 0) is 24.1 Å². The third-order valence-electron chi connectivity index (χ3n) is 5.25. The topological polar surface area (TPSA) is 101 Å². The van der Waals surface area contributed by atoms with Crippen LogP contribution in [0, 0.1) is 0 Å². The van der Waals surface area contributed by atoms with Crippen LogP contribution in [0.15, 0.2) is 42.2 Å². The van der Waals surface area contributed by atoms with Crippen molar-refractivity contribution in [2.75, 3.05) is 19.9 Å². The average Bonchev–Trinajstić information content (AvgIpc) is 2.64. The van der Waals surface area contributed by atoms with Crippen LogP contribution in [0.2, 0.25) is 0 Å². The molecular formula is C21H27NO6S. The van der Waals surface area contributed by atoms with Gasteiger partial charge in [-0.25, -0.2) is 8.42 Å². The molecule has 0 radical (unpaired) electrons. The predicted molar refractivity (Wildman–Crippen MR) is 111 cm³/mol. The number of hydrogen-bond acceptors (Lipinski definition) is 5. The maximum Gasteiger partial charge on any atom is 0.305 e. The molecule has 8 heteroatoms. The molecule has 0 saturated heterocycles. The summed E-state index contributed by atoms with van der Waals surface area (Å²) in [6.45, 7) is 4.27. The third kappa shape index (κ3) is 4.87. The molecule has 0 spiro atoms. The number of carboxylic acids is 1. The van der Waals surface area contributed by atoms with E-state index in [-0.39, 0.29) is 12.3 Å². The summed E-state index contributed by atoms with van der Waals surface area (Å²) in [6.07, 6.45) is 3.42. The first kappa shape index (κ1) is 22.7. The molecule has 1 aromatic carbocycles. The Morgan fingerprint density at radius 3 is 2.45 bits per heavy atom. The maximum absolute atomic E-state index is 12.6. The van der Waals surface area contributed by atoms with Crippen molar-refractivity contribution in [3.8, 4) is 0 Å². The first-order valence-corrected chi connectivity index (χ1v) is 11.2. The summed E-state index contributed by atoms with van der Waals surface area (Å²) in [7, 11) is -2.24. The van der Waals surface area contributed by atoms with Crippen molar-refractivity contribution in [3.63, 3.8) is 0 Å². The number of benzene rings is 1. The molecule has 29 heavy (non-hydrogen) atoms. The Balaban J connectivity index is 2.60. The molecule has 1 aliphatic rings. The molecule has 0 fully saturated rings. The zero-order chi connectivity index (χ0) is 21.8. The van der Waals surface area contributed by atoms with E-state index in [0.717, 1.165) is 17.4 Å². The molecule has 7 nitrogen and oxygen atoms in total. The van der Waals surface area contributed by atoms with Gasteiger partial charge < -0.3 is 14.7 Å². The largest absolute Gasteiger partial charge is 0.496 e. The van der Waals surface area contributed by atoms with E-state index in [1.807, 2.05) is 31.2 Å². The second-order valence-electron chi connectivity index (χ2n) is 7.15. The van der Waals surface area contributed by atoms with Gasteiger partial charge in [0.25, 0.3) is 0 Å². The molecule has 0 aliphatic heterocycles. The summed E-state index contributed by atoms with van der Waals surface area (Å²) in [5, 5.41) is 9.35. The van der Waals surface area contributed by atoms with Crippen LogP contribution in [0.1, 0.15) is 37.8 Å². The van der Waals surface area contributed by atoms with Crippen LogP contribution >= 0.6 is 0 Å². The van der Waals surface area contributed by atoms with Crippen molar-refractivity contribution in [1.82, 2.24) is 4.90 Å². The standard InChI is InChI=1S/C21H27NO6S/c1-5-22(15(2)23)14-16-8-6-7-9-17(16)18-12-21(13-20(24)25,29(4,26)27)11-10-19(18)28-3/h6-11H,5,12-14H2,1-4H3,(H,24,25). The molecule has 0 heterocycles. The molecular weight excluding hydrogens is 394 g/mol. The number of amides is 1. The number of ether oxygens (including phenoxy) is 1. The summed E-state index contributed by atoms with van der Waals surface area (Å²) in [5.74, 6) is -0.779. The highest BCUT2D eigenvalue weighted by molar-refractivity contribution is 7.92. The number of sulfone groups is 1. The first-order chi connectivity index (χ1) is 13.5. The highest BCUT2D eigenvalue weighted by Crippen LogP contribution is 2.41. The van der Waals surface area contributed by atoms with Crippen LogP contribution in [0.4, 0.5) is 0 Å². The van der Waals surface area contributed by atoms with Gasteiger partial charge >= 0.3 is 5.97 Å². The van der Waals surface area contributed by atoms with E-state index in [0.29, 0.717) is 24.4 Å². The Bertz CT molecular complexity index is 963. The molecule has 1 aromatic rings. The van der Waals surface area contributed by atoms with Crippen molar-refractivity contribution in [3.05, 3.63) is 53.3 Å². The molecule has 1 amide bonds. The monoisotopic (exact) mass is 421 g/mol. The quantitative estimate of drug-likeness (QED) is 0.692. The number of hydrogen-bond donors (Lipinski definition) is 1. The van der Waals surface area contributed by atoms with Crippen LogP contribution < -0.4 is 0 Å². The van der Waals surface area contributed by atoms with Crippen molar-refractivity contribution in [2.45, 2.75) is 38.0 Å². The van der Waals surface area contributed by atoms with Crippen LogP contribution in [0.25, 0.3) is 5.57 Å². The molecule has 1 atom stereocenters. The van der Waals surface area contributed by atoms with Gasteiger partial charge in [-0.15, -0.1) is 0 Å². The van der Waals surface area contributed by atoms with Crippen LogP contribution in [-0.2, 0) is 30.7 Å². The number of carbonyl (C=O) groups is 2. The first-order valence-electron chi connectivity index (χ1n) is 9.26. The van der Waals surface area contributed by atoms with Crippen LogP contribution in [0.5, 0.6) is 0 Å². The fraction of sp³-hybridized carbons (Fsp3) is 0.429. The second-order valence-corrected chi connectivity index (χ2v) is 9.51. The smallest absolute Gasteiger partial charge is 0.305 e. The fourth-order valence-corrected chi connectivity index (χ4v) is 4.67. The van der Waals surface area contributed by atoms with Gasteiger partial charge in [-0.1, -0.05) is 30.3 Å². The van der Waals surface area contributed by atoms with E-state index in [1.165, 1.54) is 26.2 Å². The van der Waals surface area contributed by atoms with Crippen LogP contribution in [0.3, 0.4) is 0 Å². The van der Waals surface area contributed by atoms with E-state index < -0.39 is 27.0 Å². The second kappa shape index (κ2) is 8.82. The van der Waals surface area contributed by atoms with Gasteiger partial charge in [-0.3, -0.25) is 9.59 Å². The van der Waals surface area contributed by atoms with Gasteiger partial charge in [0, 0.05) is 38.3 Å². The van der Waals surface area contributed by atoms with Crippen molar-refractivity contribution in [1.29, 1.82) is 0 Å². The summed E-state index contributed by atoms with van der Waals surface area (Å²) in [4.78, 5) is 25.0. The number of allylic oxidation sites excluding steroid dienone is 2. The lowest BCUT2D eigenvalue weighted by molar-refractivity contribution is -0.137. The molecule has 1 aliphatic carbocycles. The Morgan fingerprint density at radius 1 is 1.28 bits per heavy atom. The lowest BCUT2D eigenvalue weighted by atomic mass is 9.84. The molecule has 0 saturated carbocycles. The number of carboxylic acid groups (broad SMARTS) is 1. The lowest BCUT2D eigenvalue weighted by Crippen LogP contribution is -2.40. The minimum atomic E-state index is -3.73. The lowest BCUT2D eigenvalue weighted by Gasteiger charge is -2.33. The Hall–Kier alpha value is -2.61. The van der Waals surface area contributed by atoms with E-state index in [4.69, 9.17) is 4.74 Å². The number of rotatable bonds is 8. The molecule has 2 rings (SSSR count). The third-order valence-corrected chi connectivity index (χ3v) is 7.15. The summed E-state index contributed by atoms with van der Waals surface area (Å²) in [6, 6.07) is 7.38. The minimum Gasteiger partial charge on any atom is -0.496 e. The Morgan fingerprint density at radius 2 is 1.93 bits per heavy atom. The molecule has 158 valence electrons. The Kier molecular flexibility index (Phi) is 6.89. The normalized spacial score (nSPS) is 19.2. The summed E-state index contributed by atoms with van der Waals surface area (Å²) >= 11 is 0. The Labute approximate surface area is 171 Å². The van der Waals surface area contributed by atoms with E-state index >= 15 is 0 Å².